The van der Waals surface area contributed by atoms with Crippen LogP contribution >= 0.6 is 15.9 Å². The molecular weight excluding hydrogens is 382 g/mol. The lowest BCUT2D eigenvalue weighted by atomic mass is 10.2. The van der Waals surface area contributed by atoms with Gasteiger partial charge in [0.1, 0.15) is 4.90 Å². The summed E-state index contributed by atoms with van der Waals surface area (Å²) in [6, 6.07) is 3.38. The molecule has 128 valence electrons. The second-order valence-corrected chi connectivity index (χ2v) is 8.95. The summed E-state index contributed by atoms with van der Waals surface area (Å²) in [7, 11) is -0.540. The molecule has 2 aliphatic rings. The van der Waals surface area contributed by atoms with E-state index in [4.69, 9.17) is 9.47 Å². The van der Waals surface area contributed by atoms with Crippen LogP contribution in [-0.2, 0) is 10.0 Å². The van der Waals surface area contributed by atoms with E-state index in [1.54, 1.807) is 16.4 Å². The lowest BCUT2D eigenvalue weighted by molar-refractivity contribution is 0.301. The van der Waals surface area contributed by atoms with Crippen LogP contribution in [0.4, 0.5) is 0 Å². The average molecular weight is 404 g/mol. The minimum absolute atomic E-state index is 0.0486. The van der Waals surface area contributed by atoms with Crippen molar-refractivity contribution in [1.82, 2.24) is 4.31 Å². The molecule has 0 saturated heterocycles. The minimum atomic E-state index is -3.58. The Labute approximate surface area is 146 Å². The number of ether oxygens (including phenoxy) is 2. The number of nitrogens with zero attached hydrogens (tertiary/aromatic N) is 1. The molecule has 2 saturated carbocycles. The fraction of sp³-hybridized carbons (Fsp3) is 0.625. The van der Waals surface area contributed by atoms with Crippen LogP contribution in [0, 0.1) is 5.92 Å². The number of methoxy groups -OCH3 is 2. The van der Waals surface area contributed by atoms with Gasteiger partial charge in [0.15, 0.2) is 11.5 Å². The average Bonchev–Trinajstić information content (AvgIpc) is 3.37. The van der Waals surface area contributed by atoms with E-state index in [0.717, 1.165) is 25.7 Å². The molecule has 5 nitrogen and oxygen atoms in total. The maximum absolute atomic E-state index is 13.3. The highest BCUT2D eigenvalue weighted by Crippen LogP contribution is 2.44. The quantitative estimate of drug-likeness (QED) is 0.699. The van der Waals surface area contributed by atoms with Gasteiger partial charge in [0, 0.05) is 22.6 Å². The van der Waals surface area contributed by atoms with Crippen LogP contribution in [0.5, 0.6) is 11.5 Å². The molecule has 0 aromatic heterocycles. The molecule has 0 amide bonds. The molecule has 1 aromatic rings. The maximum Gasteiger partial charge on any atom is 0.244 e. The van der Waals surface area contributed by atoms with Gasteiger partial charge < -0.3 is 9.47 Å². The van der Waals surface area contributed by atoms with Crippen molar-refractivity contribution >= 4 is 26.0 Å². The predicted octanol–water partition coefficient (Wildman–Crippen LogP) is 3.42. The molecule has 1 atom stereocenters. The maximum atomic E-state index is 13.3. The molecule has 7 heteroatoms. The SMILES string of the molecule is COc1cc(Br)c(S(=O)(=O)N(C2CC2)[C@@H](C)C2CC2)cc1OC. The zero-order chi connectivity index (χ0) is 16.8. The molecule has 0 unspecified atom stereocenters. The molecular formula is C16H22BrNO4S. The van der Waals surface area contributed by atoms with Crippen LogP contribution in [0.1, 0.15) is 32.6 Å². The first-order chi connectivity index (χ1) is 10.9. The topological polar surface area (TPSA) is 55.8 Å². The third-order valence-electron chi connectivity index (χ3n) is 4.61. The summed E-state index contributed by atoms with van der Waals surface area (Å²) in [4.78, 5) is 0.245. The zero-order valence-electron chi connectivity index (χ0n) is 13.6. The summed E-state index contributed by atoms with van der Waals surface area (Å²) in [6.07, 6.45) is 4.13. The highest BCUT2D eigenvalue weighted by atomic mass is 79.9. The third kappa shape index (κ3) is 3.23. The van der Waals surface area contributed by atoms with Crippen molar-refractivity contribution in [3.63, 3.8) is 0 Å². The van der Waals surface area contributed by atoms with Gasteiger partial charge in [0.05, 0.1) is 14.2 Å². The fourth-order valence-electron chi connectivity index (χ4n) is 3.01. The second kappa shape index (κ2) is 6.26. The van der Waals surface area contributed by atoms with Crippen molar-refractivity contribution in [3.8, 4) is 11.5 Å². The van der Waals surface area contributed by atoms with Crippen LogP contribution in [0.15, 0.2) is 21.5 Å². The van der Waals surface area contributed by atoms with Gasteiger partial charge in [-0.3, -0.25) is 0 Å². The molecule has 1 aromatic carbocycles. The first kappa shape index (κ1) is 17.0. The van der Waals surface area contributed by atoms with E-state index in [2.05, 4.69) is 15.9 Å². The Morgan fingerprint density at radius 2 is 1.70 bits per heavy atom. The number of hydrogen-bond acceptors (Lipinski definition) is 4. The minimum Gasteiger partial charge on any atom is -0.493 e. The van der Waals surface area contributed by atoms with E-state index in [0.29, 0.717) is 21.9 Å². The predicted molar refractivity (Wildman–Crippen MR) is 91.5 cm³/mol. The molecule has 0 bridgehead atoms. The normalized spacial score (nSPS) is 19.7. The van der Waals surface area contributed by atoms with Crippen LogP contribution < -0.4 is 9.47 Å². The number of sulfonamides is 1. The molecule has 0 radical (unpaired) electrons. The Bertz CT molecular complexity index is 698. The van der Waals surface area contributed by atoms with Crippen LogP contribution in [0.2, 0.25) is 0 Å². The van der Waals surface area contributed by atoms with Crippen molar-refractivity contribution in [2.75, 3.05) is 14.2 Å². The number of rotatable bonds is 7. The van der Waals surface area contributed by atoms with Crippen molar-refractivity contribution in [2.24, 2.45) is 5.92 Å². The van der Waals surface area contributed by atoms with Crippen LogP contribution in [0.25, 0.3) is 0 Å². The van der Waals surface area contributed by atoms with E-state index in [1.165, 1.54) is 14.2 Å². The monoisotopic (exact) mass is 403 g/mol. The molecule has 0 spiro atoms. The molecule has 2 aliphatic carbocycles. The van der Waals surface area contributed by atoms with Crippen molar-refractivity contribution < 1.29 is 17.9 Å². The van der Waals surface area contributed by atoms with E-state index in [1.807, 2.05) is 6.92 Å². The van der Waals surface area contributed by atoms with Gasteiger partial charge in [-0.25, -0.2) is 8.42 Å². The van der Waals surface area contributed by atoms with Crippen LogP contribution in [-0.4, -0.2) is 39.0 Å². The van der Waals surface area contributed by atoms with E-state index in [-0.39, 0.29) is 17.0 Å². The Morgan fingerprint density at radius 1 is 1.13 bits per heavy atom. The van der Waals surface area contributed by atoms with Gasteiger partial charge in [-0.2, -0.15) is 4.31 Å². The number of benzene rings is 1. The summed E-state index contributed by atoms with van der Waals surface area (Å²) < 4.78 is 39.3. The van der Waals surface area contributed by atoms with E-state index < -0.39 is 10.0 Å². The fourth-order valence-corrected chi connectivity index (χ4v) is 5.95. The van der Waals surface area contributed by atoms with Gasteiger partial charge in [0.2, 0.25) is 10.0 Å². The van der Waals surface area contributed by atoms with E-state index >= 15 is 0 Å². The highest BCUT2D eigenvalue weighted by molar-refractivity contribution is 9.10. The summed E-state index contributed by atoms with van der Waals surface area (Å²) in [5.74, 6) is 1.42. The Hall–Kier alpha value is -0.790. The van der Waals surface area contributed by atoms with Crippen molar-refractivity contribution in [3.05, 3.63) is 16.6 Å². The van der Waals surface area contributed by atoms with Crippen molar-refractivity contribution in [2.45, 2.75) is 49.6 Å². The Morgan fingerprint density at radius 3 is 2.17 bits per heavy atom. The van der Waals surface area contributed by atoms with Gasteiger partial charge in [-0.05, 0) is 60.5 Å². The summed E-state index contributed by atoms with van der Waals surface area (Å²) in [6.45, 7) is 2.03. The largest absolute Gasteiger partial charge is 0.493 e. The van der Waals surface area contributed by atoms with Crippen molar-refractivity contribution in [1.29, 1.82) is 0 Å². The molecule has 0 N–H and O–H groups in total. The zero-order valence-corrected chi connectivity index (χ0v) is 16.0. The Kier molecular flexibility index (Phi) is 4.64. The smallest absolute Gasteiger partial charge is 0.244 e. The molecule has 0 heterocycles. The summed E-state index contributed by atoms with van der Waals surface area (Å²) >= 11 is 3.39. The third-order valence-corrected chi connectivity index (χ3v) is 7.60. The van der Waals surface area contributed by atoms with Gasteiger partial charge in [-0.15, -0.1) is 0 Å². The Balaban J connectivity index is 2.03. The second-order valence-electron chi connectivity index (χ2n) is 6.28. The molecule has 23 heavy (non-hydrogen) atoms. The lowest BCUT2D eigenvalue weighted by Crippen LogP contribution is -2.41. The summed E-state index contributed by atoms with van der Waals surface area (Å²) in [5.41, 5.74) is 0. The lowest BCUT2D eigenvalue weighted by Gasteiger charge is -2.29. The first-order valence-corrected chi connectivity index (χ1v) is 10.1. The number of hydrogen-bond donors (Lipinski definition) is 0. The molecule has 2 fully saturated rings. The van der Waals surface area contributed by atoms with Gasteiger partial charge in [-0.1, -0.05) is 0 Å². The molecule has 3 rings (SSSR count). The molecule has 0 aliphatic heterocycles. The van der Waals surface area contributed by atoms with Crippen LogP contribution in [0.3, 0.4) is 0 Å². The van der Waals surface area contributed by atoms with Gasteiger partial charge >= 0.3 is 0 Å². The first-order valence-electron chi connectivity index (χ1n) is 7.85. The standard InChI is InChI=1S/C16H22BrNO4S/c1-10(11-4-5-11)18(12-6-7-12)23(19,20)16-9-15(22-3)14(21-2)8-13(16)17/h8-12H,4-7H2,1-3H3/t10-/m0/s1. The van der Waals surface area contributed by atoms with Gasteiger partial charge in [0.25, 0.3) is 0 Å². The number of halogens is 1. The highest BCUT2D eigenvalue weighted by Gasteiger charge is 2.46. The van der Waals surface area contributed by atoms with E-state index in [9.17, 15) is 8.42 Å². The summed E-state index contributed by atoms with van der Waals surface area (Å²) in [5, 5.41) is 0.